The maximum Gasteiger partial charge on any atom is 0.0859 e. The monoisotopic (exact) mass is 271 g/mol. The zero-order valence-electron chi connectivity index (χ0n) is 11.9. The van der Waals surface area contributed by atoms with E-state index in [4.69, 9.17) is 0 Å². The van der Waals surface area contributed by atoms with E-state index in [2.05, 4.69) is 38.6 Å². The first-order valence-corrected chi connectivity index (χ1v) is 7.22. The van der Waals surface area contributed by atoms with Crippen LogP contribution in [-0.4, -0.2) is 52.6 Å². The summed E-state index contributed by atoms with van der Waals surface area (Å²) in [7, 11) is 0. The van der Waals surface area contributed by atoms with E-state index in [1.54, 1.807) is 11.0 Å². The summed E-state index contributed by atoms with van der Waals surface area (Å²) in [4.78, 5) is 4.21. The summed E-state index contributed by atoms with van der Waals surface area (Å²) >= 11 is 0. The Morgan fingerprint density at radius 2 is 2.10 bits per heavy atom. The van der Waals surface area contributed by atoms with Crippen LogP contribution < -0.4 is 5.32 Å². The van der Waals surface area contributed by atoms with E-state index in [9.17, 15) is 0 Å². The fraction of sp³-hybridized carbons (Fsp3) is 0.467. The number of rotatable bonds is 4. The van der Waals surface area contributed by atoms with Crippen molar-refractivity contribution in [3.05, 3.63) is 41.7 Å². The molecule has 0 aliphatic carbocycles. The molecule has 20 heavy (non-hydrogen) atoms. The lowest BCUT2D eigenvalue weighted by molar-refractivity contribution is 0.244. The lowest BCUT2D eigenvalue weighted by Crippen LogP contribution is -2.44. The molecule has 0 bridgehead atoms. The molecule has 1 N–H and O–H groups in total. The van der Waals surface area contributed by atoms with Gasteiger partial charge in [-0.05, 0) is 31.0 Å². The van der Waals surface area contributed by atoms with Gasteiger partial charge in [0.05, 0.1) is 17.6 Å². The van der Waals surface area contributed by atoms with Gasteiger partial charge in [-0.25, -0.2) is 0 Å². The molecular formula is C15H21N5. The van der Waals surface area contributed by atoms with Crippen molar-refractivity contribution >= 4 is 0 Å². The maximum absolute atomic E-state index is 4.36. The zero-order chi connectivity index (χ0) is 13.8. The second kappa shape index (κ2) is 6.15. The molecule has 1 aliphatic rings. The number of piperazine rings is 1. The normalized spacial score (nSPS) is 16.4. The fourth-order valence-corrected chi connectivity index (χ4v) is 2.52. The quantitative estimate of drug-likeness (QED) is 0.902. The molecule has 1 aromatic carbocycles. The molecule has 1 saturated heterocycles. The average molecular weight is 271 g/mol. The highest BCUT2D eigenvalue weighted by Crippen LogP contribution is 2.10. The van der Waals surface area contributed by atoms with Gasteiger partial charge in [0.15, 0.2) is 0 Å². The van der Waals surface area contributed by atoms with Crippen molar-refractivity contribution in [3.63, 3.8) is 0 Å². The SMILES string of the molecule is Cc1cnn(-c2cccc(CCN3CCNCC3)c2)n1. The van der Waals surface area contributed by atoms with E-state index in [1.807, 2.05) is 13.0 Å². The Morgan fingerprint density at radius 1 is 1.25 bits per heavy atom. The molecule has 1 aromatic heterocycles. The Labute approximate surface area is 119 Å². The van der Waals surface area contributed by atoms with Gasteiger partial charge in [0.2, 0.25) is 0 Å². The molecule has 3 rings (SSSR count). The number of hydrogen-bond donors (Lipinski definition) is 1. The predicted molar refractivity (Wildman–Crippen MR) is 79.1 cm³/mol. The van der Waals surface area contributed by atoms with Crippen LogP contribution in [0.25, 0.3) is 5.69 Å². The predicted octanol–water partition coefficient (Wildman–Crippen LogP) is 1.02. The Bertz CT molecular complexity index is 557. The number of aryl methyl sites for hydroxylation is 1. The van der Waals surface area contributed by atoms with Crippen LogP contribution in [0.5, 0.6) is 0 Å². The van der Waals surface area contributed by atoms with E-state index < -0.39 is 0 Å². The molecule has 0 radical (unpaired) electrons. The minimum Gasteiger partial charge on any atom is -0.314 e. The van der Waals surface area contributed by atoms with Crippen molar-refractivity contribution in [2.24, 2.45) is 0 Å². The Hall–Kier alpha value is -1.72. The molecule has 0 unspecified atom stereocenters. The largest absolute Gasteiger partial charge is 0.314 e. The standard InChI is InChI=1S/C15H21N5/c1-13-12-17-20(18-13)15-4-2-3-14(11-15)5-8-19-9-6-16-7-10-19/h2-4,11-12,16H,5-10H2,1H3. The van der Waals surface area contributed by atoms with E-state index in [0.717, 1.165) is 50.5 Å². The van der Waals surface area contributed by atoms with Crippen LogP contribution in [0.3, 0.4) is 0 Å². The van der Waals surface area contributed by atoms with E-state index in [-0.39, 0.29) is 0 Å². The molecule has 0 saturated carbocycles. The van der Waals surface area contributed by atoms with Gasteiger partial charge in [-0.15, -0.1) is 0 Å². The second-order valence-corrected chi connectivity index (χ2v) is 5.29. The van der Waals surface area contributed by atoms with Crippen LogP contribution in [0.15, 0.2) is 30.5 Å². The molecule has 0 atom stereocenters. The van der Waals surface area contributed by atoms with E-state index in [0.29, 0.717) is 0 Å². The summed E-state index contributed by atoms with van der Waals surface area (Å²) in [6.45, 7) is 7.60. The molecule has 1 aliphatic heterocycles. The van der Waals surface area contributed by atoms with Gasteiger partial charge < -0.3 is 10.2 Å². The summed E-state index contributed by atoms with van der Waals surface area (Å²) in [6, 6.07) is 8.50. The van der Waals surface area contributed by atoms with Crippen LogP contribution in [0.4, 0.5) is 0 Å². The summed E-state index contributed by atoms with van der Waals surface area (Å²) in [5.74, 6) is 0. The Morgan fingerprint density at radius 3 is 2.85 bits per heavy atom. The molecule has 2 aromatic rings. The summed E-state index contributed by atoms with van der Waals surface area (Å²) in [6.07, 6.45) is 2.86. The number of benzene rings is 1. The lowest BCUT2D eigenvalue weighted by atomic mass is 10.1. The van der Waals surface area contributed by atoms with Crippen LogP contribution in [0.2, 0.25) is 0 Å². The third-order valence-electron chi connectivity index (χ3n) is 3.67. The van der Waals surface area contributed by atoms with Gasteiger partial charge in [0.25, 0.3) is 0 Å². The summed E-state index contributed by atoms with van der Waals surface area (Å²) < 4.78 is 0. The van der Waals surface area contributed by atoms with Gasteiger partial charge in [-0.2, -0.15) is 15.0 Å². The highest BCUT2D eigenvalue weighted by atomic mass is 15.5. The third-order valence-corrected chi connectivity index (χ3v) is 3.67. The molecule has 0 spiro atoms. The minimum atomic E-state index is 0.941. The molecule has 5 nitrogen and oxygen atoms in total. The number of nitrogens with zero attached hydrogens (tertiary/aromatic N) is 4. The van der Waals surface area contributed by atoms with Crippen molar-refractivity contribution in [2.45, 2.75) is 13.3 Å². The highest BCUT2D eigenvalue weighted by molar-refractivity contribution is 5.34. The Balaban J connectivity index is 1.65. The van der Waals surface area contributed by atoms with E-state index >= 15 is 0 Å². The maximum atomic E-state index is 4.36. The first kappa shape index (κ1) is 13.3. The first-order valence-electron chi connectivity index (χ1n) is 7.22. The van der Waals surface area contributed by atoms with Crippen LogP contribution in [-0.2, 0) is 6.42 Å². The van der Waals surface area contributed by atoms with Gasteiger partial charge in [-0.1, -0.05) is 12.1 Å². The molecular weight excluding hydrogens is 250 g/mol. The topological polar surface area (TPSA) is 46.0 Å². The molecule has 106 valence electrons. The van der Waals surface area contributed by atoms with Crippen molar-refractivity contribution in [3.8, 4) is 5.69 Å². The van der Waals surface area contributed by atoms with Gasteiger partial charge >= 0.3 is 0 Å². The highest BCUT2D eigenvalue weighted by Gasteiger charge is 2.09. The lowest BCUT2D eigenvalue weighted by Gasteiger charge is -2.27. The van der Waals surface area contributed by atoms with Crippen LogP contribution in [0.1, 0.15) is 11.3 Å². The van der Waals surface area contributed by atoms with Crippen LogP contribution in [0, 0.1) is 6.92 Å². The number of hydrogen-bond acceptors (Lipinski definition) is 4. The summed E-state index contributed by atoms with van der Waals surface area (Å²) in [5.41, 5.74) is 3.32. The zero-order valence-corrected chi connectivity index (χ0v) is 11.9. The average Bonchev–Trinajstić information content (AvgIpc) is 2.93. The molecule has 0 amide bonds. The van der Waals surface area contributed by atoms with Gasteiger partial charge in [-0.3, -0.25) is 0 Å². The smallest absolute Gasteiger partial charge is 0.0859 e. The Kier molecular flexibility index (Phi) is 4.08. The molecule has 5 heteroatoms. The number of aromatic nitrogens is 3. The van der Waals surface area contributed by atoms with Gasteiger partial charge in [0, 0.05) is 32.7 Å². The molecule has 2 heterocycles. The van der Waals surface area contributed by atoms with Crippen molar-refractivity contribution in [1.82, 2.24) is 25.2 Å². The number of nitrogens with one attached hydrogen (secondary N) is 1. The minimum absolute atomic E-state index is 0.941. The van der Waals surface area contributed by atoms with Gasteiger partial charge in [0.1, 0.15) is 0 Å². The van der Waals surface area contributed by atoms with E-state index in [1.165, 1.54) is 5.56 Å². The summed E-state index contributed by atoms with van der Waals surface area (Å²) in [5, 5.41) is 12.0. The first-order chi connectivity index (χ1) is 9.81. The fourth-order valence-electron chi connectivity index (χ4n) is 2.52. The van der Waals surface area contributed by atoms with Crippen LogP contribution >= 0.6 is 0 Å². The van der Waals surface area contributed by atoms with Crippen molar-refractivity contribution in [1.29, 1.82) is 0 Å². The second-order valence-electron chi connectivity index (χ2n) is 5.29. The molecule has 1 fully saturated rings. The van der Waals surface area contributed by atoms with Crippen molar-refractivity contribution < 1.29 is 0 Å². The third kappa shape index (κ3) is 3.23. The van der Waals surface area contributed by atoms with Crippen molar-refractivity contribution in [2.75, 3.05) is 32.7 Å².